The Labute approximate surface area is 109 Å². The lowest BCUT2D eigenvalue weighted by Crippen LogP contribution is -2.52. The van der Waals surface area contributed by atoms with E-state index in [1.165, 1.54) is 0 Å². The highest BCUT2D eigenvalue weighted by Gasteiger charge is 2.28. The van der Waals surface area contributed by atoms with E-state index >= 15 is 0 Å². The Morgan fingerprint density at radius 2 is 2.06 bits per heavy atom. The largest absolute Gasteiger partial charge is 0.481 e. The van der Waals surface area contributed by atoms with Gasteiger partial charge in [0.2, 0.25) is 0 Å². The molecule has 3 unspecified atom stereocenters. The summed E-state index contributed by atoms with van der Waals surface area (Å²) < 4.78 is 0. The number of hydrogen-bond donors (Lipinski definition) is 2. The third-order valence-corrected chi connectivity index (χ3v) is 3.62. The van der Waals surface area contributed by atoms with Gasteiger partial charge in [-0.15, -0.1) is 0 Å². The van der Waals surface area contributed by atoms with Crippen molar-refractivity contribution < 1.29 is 14.7 Å². The van der Waals surface area contributed by atoms with Crippen LogP contribution >= 0.6 is 0 Å². The van der Waals surface area contributed by atoms with Gasteiger partial charge >= 0.3 is 12.0 Å². The number of urea groups is 1. The van der Waals surface area contributed by atoms with E-state index in [9.17, 15) is 9.59 Å². The Balaban J connectivity index is 2.54. The SMILES string of the molecule is CCC(CC(=O)O)NC(=O)N1CC(C)CCC1C. The molecule has 0 aromatic carbocycles. The lowest BCUT2D eigenvalue weighted by Gasteiger charge is -2.37. The minimum atomic E-state index is -0.873. The van der Waals surface area contributed by atoms with Gasteiger partial charge in [0.25, 0.3) is 0 Å². The summed E-state index contributed by atoms with van der Waals surface area (Å²) in [5.74, 6) is -0.353. The zero-order chi connectivity index (χ0) is 13.7. The predicted molar refractivity (Wildman–Crippen MR) is 69.4 cm³/mol. The molecule has 104 valence electrons. The van der Waals surface area contributed by atoms with Crippen LogP contribution in [0.25, 0.3) is 0 Å². The molecular formula is C13H24N2O3. The van der Waals surface area contributed by atoms with Crippen molar-refractivity contribution >= 4 is 12.0 Å². The highest BCUT2D eigenvalue weighted by Crippen LogP contribution is 2.21. The number of piperidine rings is 1. The Hall–Kier alpha value is -1.26. The minimum absolute atomic E-state index is 0.0139. The molecule has 5 heteroatoms. The second-order valence-electron chi connectivity index (χ2n) is 5.34. The first-order valence-electron chi connectivity index (χ1n) is 6.73. The monoisotopic (exact) mass is 256 g/mol. The smallest absolute Gasteiger partial charge is 0.317 e. The summed E-state index contributed by atoms with van der Waals surface area (Å²) in [5, 5.41) is 11.6. The van der Waals surface area contributed by atoms with Gasteiger partial charge in [0, 0.05) is 18.6 Å². The first-order chi connectivity index (χ1) is 8.43. The molecule has 1 fully saturated rings. The van der Waals surface area contributed by atoms with Crippen molar-refractivity contribution in [2.24, 2.45) is 5.92 Å². The molecule has 1 saturated heterocycles. The predicted octanol–water partition coefficient (Wildman–Crippen LogP) is 2.07. The molecule has 0 bridgehead atoms. The summed E-state index contributed by atoms with van der Waals surface area (Å²) in [7, 11) is 0. The molecule has 1 heterocycles. The number of aliphatic carboxylic acids is 1. The van der Waals surface area contributed by atoms with Crippen molar-refractivity contribution in [2.75, 3.05) is 6.54 Å². The van der Waals surface area contributed by atoms with E-state index in [0.717, 1.165) is 19.4 Å². The fourth-order valence-corrected chi connectivity index (χ4v) is 2.34. The van der Waals surface area contributed by atoms with Crippen LogP contribution in [0, 0.1) is 5.92 Å². The molecule has 0 saturated carbocycles. The molecule has 0 aliphatic carbocycles. The first-order valence-corrected chi connectivity index (χ1v) is 6.73. The fraction of sp³-hybridized carbons (Fsp3) is 0.846. The van der Waals surface area contributed by atoms with E-state index in [1.54, 1.807) is 0 Å². The fourth-order valence-electron chi connectivity index (χ4n) is 2.34. The lowest BCUT2D eigenvalue weighted by molar-refractivity contribution is -0.137. The molecule has 0 radical (unpaired) electrons. The van der Waals surface area contributed by atoms with Crippen molar-refractivity contribution in [3.05, 3.63) is 0 Å². The molecule has 1 aliphatic heterocycles. The van der Waals surface area contributed by atoms with Crippen LogP contribution in [0.4, 0.5) is 4.79 Å². The number of amides is 2. The second kappa shape index (κ2) is 6.61. The molecule has 18 heavy (non-hydrogen) atoms. The number of carboxylic acid groups (broad SMARTS) is 1. The molecule has 2 N–H and O–H groups in total. The average Bonchev–Trinajstić information content (AvgIpc) is 2.30. The minimum Gasteiger partial charge on any atom is -0.481 e. The molecule has 0 spiro atoms. The summed E-state index contributed by atoms with van der Waals surface area (Å²) >= 11 is 0. The van der Waals surface area contributed by atoms with Crippen molar-refractivity contribution in [3.8, 4) is 0 Å². The molecule has 2 amide bonds. The van der Waals surface area contributed by atoms with Gasteiger partial charge in [-0.3, -0.25) is 4.79 Å². The number of carbonyl (C=O) groups is 2. The zero-order valence-corrected chi connectivity index (χ0v) is 11.5. The van der Waals surface area contributed by atoms with E-state index in [2.05, 4.69) is 12.2 Å². The Morgan fingerprint density at radius 3 is 2.61 bits per heavy atom. The first kappa shape index (κ1) is 14.8. The Bertz CT molecular complexity index is 307. The topological polar surface area (TPSA) is 69.6 Å². The number of hydrogen-bond acceptors (Lipinski definition) is 2. The molecule has 5 nitrogen and oxygen atoms in total. The van der Waals surface area contributed by atoms with E-state index in [4.69, 9.17) is 5.11 Å². The van der Waals surface area contributed by atoms with Gasteiger partial charge in [0.05, 0.1) is 6.42 Å². The standard InChI is InChI=1S/C13H24N2O3/c1-4-11(7-12(16)17)14-13(18)15-8-9(2)5-6-10(15)3/h9-11H,4-8H2,1-3H3,(H,14,18)(H,16,17). The van der Waals surface area contributed by atoms with Gasteiger partial charge in [-0.1, -0.05) is 13.8 Å². The number of nitrogens with zero attached hydrogens (tertiary/aromatic N) is 1. The van der Waals surface area contributed by atoms with Gasteiger partial charge in [-0.2, -0.15) is 0 Å². The van der Waals surface area contributed by atoms with Crippen LogP contribution < -0.4 is 5.32 Å². The average molecular weight is 256 g/mol. The lowest BCUT2D eigenvalue weighted by atomic mass is 9.95. The zero-order valence-electron chi connectivity index (χ0n) is 11.5. The van der Waals surface area contributed by atoms with Crippen LogP contribution in [0.15, 0.2) is 0 Å². The van der Waals surface area contributed by atoms with Gasteiger partial charge < -0.3 is 15.3 Å². The Morgan fingerprint density at radius 1 is 1.39 bits per heavy atom. The van der Waals surface area contributed by atoms with Crippen LogP contribution in [-0.2, 0) is 4.79 Å². The molecular weight excluding hydrogens is 232 g/mol. The maximum atomic E-state index is 12.1. The van der Waals surface area contributed by atoms with Gasteiger partial charge in [0.1, 0.15) is 0 Å². The molecule has 1 rings (SSSR count). The van der Waals surface area contributed by atoms with E-state index in [1.807, 2.05) is 18.7 Å². The van der Waals surface area contributed by atoms with Crippen molar-refractivity contribution in [3.63, 3.8) is 0 Å². The van der Waals surface area contributed by atoms with Crippen molar-refractivity contribution in [2.45, 2.75) is 58.5 Å². The van der Waals surface area contributed by atoms with Crippen LogP contribution in [0.2, 0.25) is 0 Å². The van der Waals surface area contributed by atoms with Crippen LogP contribution in [0.5, 0.6) is 0 Å². The summed E-state index contributed by atoms with van der Waals surface area (Å²) in [6.45, 7) is 6.83. The van der Waals surface area contributed by atoms with Crippen molar-refractivity contribution in [1.29, 1.82) is 0 Å². The summed E-state index contributed by atoms with van der Waals surface area (Å²) in [6, 6.07) is -0.162. The number of rotatable bonds is 4. The second-order valence-corrected chi connectivity index (χ2v) is 5.34. The van der Waals surface area contributed by atoms with Crippen LogP contribution in [-0.4, -0.2) is 40.6 Å². The number of carboxylic acids is 1. The van der Waals surface area contributed by atoms with Crippen LogP contribution in [0.3, 0.4) is 0 Å². The van der Waals surface area contributed by atoms with Gasteiger partial charge in [-0.25, -0.2) is 4.79 Å². The van der Waals surface area contributed by atoms with Gasteiger partial charge in [-0.05, 0) is 32.1 Å². The molecule has 0 aromatic rings. The van der Waals surface area contributed by atoms with Crippen LogP contribution in [0.1, 0.15) is 46.5 Å². The maximum absolute atomic E-state index is 12.1. The number of likely N-dealkylation sites (tertiary alicyclic amines) is 1. The third kappa shape index (κ3) is 4.20. The number of carbonyl (C=O) groups excluding carboxylic acids is 1. The summed E-state index contributed by atoms with van der Waals surface area (Å²) in [5.41, 5.74) is 0. The van der Waals surface area contributed by atoms with E-state index in [0.29, 0.717) is 12.3 Å². The number of nitrogens with one attached hydrogen (secondary N) is 1. The van der Waals surface area contributed by atoms with Gasteiger partial charge in [0.15, 0.2) is 0 Å². The van der Waals surface area contributed by atoms with E-state index in [-0.39, 0.29) is 24.5 Å². The molecule has 1 aliphatic rings. The summed E-state index contributed by atoms with van der Waals surface area (Å²) in [4.78, 5) is 24.6. The van der Waals surface area contributed by atoms with E-state index < -0.39 is 5.97 Å². The quantitative estimate of drug-likeness (QED) is 0.809. The highest BCUT2D eigenvalue weighted by molar-refractivity contribution is 5.76. The highest BCUT2D eigenvalue weighted by atomic mass is 16.4. The molecule has 3 atom stereocenters. The Kier molecular flexibility index (Phi) is 5.44. The third-order valence-electron chi connectivity index (χ3n) is 3.62. The normalized spacial score (nSPS) is 25.6. The van der Waals surface area contributed by atoms with Crippen molar-refractivity contribution in [1.82, 2.24) is 10.2 Å². The molecule has 0 aromatic heterocycles. The summed E-state index contributed by atoms with van der Waals surface area (Å²) in [6.07, 6.45) is 2.79. The maximum Gasteiger partial charge on any atom is 0.317 e.